The van der Waals surface area contributed by atoms with Crippen LogP contribution in [0.4, 0.5) is 13.2 Å². The summed E-state index contributed by atoms with van der Waals surface area (Å²) in [5.41, 5.74) is 0.580. The zero-order valence-corrected chi connectivity index (χ0v) is 9.51. The molecule has 2 nitrogen and oxygen atoms in total. The molecule has 0 amide bonds. The molecule has 0 aliphatic rings. The van der Waals surface area contributed by atoms with Gasteiger partial charge in [0.15, 0.2) is 5.82 Å². The van der Waals surface area contributed by atoms with E-state index in [0.29, 0.717) is 5.75 Å². The number of aromatic nitrogens is 1. The van der Waals surface area contributed by atoms with E-state index in [2.05, 4.69) is 11.9 Å². The normalized spacial score (nSPS) is 10.5. The lowest BCUT2D eigenvalue weighted by Crippen LogP contribution is -2.02. The Morgan fingerprint density at radius 1 is 1.06 bits per heavy atom. The van der Waals surface area contributed by atoms with Gasteiger partial charge in [0, 0.05) is 0 Å². The monoisotopic (exact) mass is 252 g/mol. The minimum atomic E-state index is -1.60. The van der Waals surface area contributed by atoms with Gasteiger partial charge in [-0.3, -0.25) is 0 Å². The van der Waals surface area contributed by atoms with Crippen LogP contribution in [0.1, 0.15) is 11.1 Å². The molecule has 0 atom stereocenters. The molecule has 0 unspecified atom stereocenters. The van der Waals surface area contributed by atoms with E-state index < -0.39 is 17.6 Å². The van der Waals surface area contributed by atoms with Crippen LogP contribution < -0.4 is 4.74 Å². The van der Waals surface area contributed by atoms with E-state index in [0.717, 1.165) is 5.56 Å². The van der Waals surface area contributed by atoms with E-state index in [9.17, 15) is 13.2 Å². The summed E-state index contributed by atoms with van der Waals surface area (Å²) in [6.07, 6.45) is 0. The molecule has 0 N–H and O–H groups in total. The molecule has 5 heteroatoms. The van der Waals surface area contributed by atoms with E-state index in [1.165, 1.54) is 6.92 Å². The number of ether oxygens (including phenoxy) is 1. The molecule has 0 bridgehead atoms. The quantitative estimate of drug-likeness (QED) is 0.759. The van der Waals surface area contributed by atoms with Gasteiger partial charge in [0.1, 0.15) is 5.75 Å². The first-order chi connectivity index (χ1) is 8.49. The minimum absolute atomic E-state index is 0.187. The Bertz CT molecular complexity index is 582. The summed E-state index contributed by atoms with van der Waals surface area (Å²) < 4.78 is 44.3. The highest BCUT2D eigenvalue weighted by atomic mass is 19.2. The van der Waals surface area contributed by atoms with Crippen LogP contribution in [0.3, 0.4) is 0 Å². The summed E-state index contributed by atoms with van der Waals surface area (Å²) in [7, 11) is 0. The van der Waals surface area contributed by atoms with Gasteiger partial charge in [0.05, 0.1) is 5.56 Å². The van der Waals surface area contributed by atoms with E-state index in [4.69, 9.17) is 4.74 Å². The second kappa shape index (κ2) is 4.68. The molecule has 2 rings (SSSR count). The van der Waals surface area contributed by atoms with Crippen molar-refractivity contribution in [2.24, 2.45) is 0 Å². The van der Waals surface area contributed by atoms with Gasteiger partial charge in [-0.2, -0.15) is 13.8 Å². The van der Waals surface area contributed by atoms with Crippen molar-refractivity contribution in [3.63, 3.8) is 0 Å². The van der Waals surface area contributed by atoms with Crippen LogP contribution in [0.15, 0.2) is 24.3 Å². The SMILES string of the molecule is [CH2]c1ccc(Oc2nc(F)c(F)c(F)c2C)cc1. The second-order valence-corrected chi connectivity index (χ2v) is 3.71. The molecule has 1 radical (unpaired) electrons. The molecule has 0 saturated carbocycles. The lowest BCUT2D eigenvalue weighted by atomic mass is 10.2. The number of hydrogen-bond acceptors (Lipinski definition) is 2. The van der Waals surface area contributed by atoms with E-state index in [1.807, 2.05) is 0 Å². The Morgan fingerprint density at radius 2 is 1.67 bits per heavy atom. The molecular weight excluding hydrogens is 243 g/mol. The molecule has 0 spiro atoms. The Morgan fingerprint density at radius 3 is 2.28 bits per heavy atom. The van der Waals surface area contributed by atoms with Crippen LogP contribution >= 0.6 is 0 Å². The van der Waals surface area contributed by atoms with Crippen molar-refractivity contribution in [3.05, 3.63) is 59.9 Å². The number of benzene rings is 1. The maximum absolute atomic E-state index is 13.3. The van der Waals surface area contributed by atoms with Crippen molar-refractivity contribution in [3.8, 4) is 11.6 Å². The third kappa shape index (κ3) is 2.30. The fourth-order valence-electron chi connectivity index (χ4n) is 1.34. The Labute approximate surface area is 102 Å². The third-order valence-electron chi connectivity index (χ3n) is 2.36. The summed E-state index contributed by atoms with van der Waals surface area (Å²) in [5.74, 6) is -4.40. The van der Waals surface area contributed by atoms with Gasteiger partial charge < -0.3 is 4.74 Å². The maximum Gasteiger partial charge on any atom is 0.255 e. The van der Waals surface area contributed by atoms with Crippen molar-refractivity contribution in [2.45, 2.75) is 6.92 Å². The molecule has 0 aliphatic heterocycles. The number of pyridine rings is 1. The van der Waals surface area contributed by atoms with E-state index in [1.54, 1.807) is 24.3 Å². The van der Waals surface area contributed by atoms with E-state index >= 15 is 0 Å². The molecule has 0 saturated heterocycles. The van der Waals surface area contributed by atoms with Crippen molar-refractivity contribution in [1.29, 1.82) is 0 Å². The molecule has 93 valence electrons. The average Bonchev–Trinajstić information content (AvgIpc) is 2.36. The fraction of sp³-hybridized carbons (Fsp3) is 0.0769. The molecule has 18 heavy (non-hydrogen) atoms. The highest BCUT2D eigenvalue weighted by Gasteiger charge is 2.18. The first-order valence-corrected chi connectivity index (χ1v) is 5.10. The number of rotatable bonds is 2. The summed E-state index contributed by atoms with van der Waals surface area (Å²) in [6, 6.07) is 6.48. The number of nitrogens with zero attached hydrogens (tertiary/aromatic N) is 1. The zero-order chi connectivity index (χ0) is 13.3. The van der Waals surface area contributed by atoms with Gasteiger partial charge in [-0.25, -0.2) is 4.39 Å². The lowest BCUT2D eigenvalue weighted by Gasteiger charge is -2.09. The molecule has 0 fully saturated rings. The topological polar surface area (TPSA) is 22.1 Å². The van der Waals surface area contributed by atoms with Gasteiger partial charge >= 0.3 is 0 Å². The highest BCUT2D eigenvalue weighted by molar-refractivity contribution is 5.34. The largest absolute Gasteiger partial charge is 0.439 e. The van der Waals surface area contributed by atoms with Gasteiger partial charge in [-0.05, 0) is 31.5 Å². The van der Waals surface area contributed by atoms with Gasteiger partial charge in [0.25, 0.3) is 5.95 Å². The minimum Gasteiger partial charge on any atom is -0.439 e. The number of hydrogen-bond donors (Lipinski definition) is 0. The smallest absolute Gasteiger partial charge is 0.255 e. The molecule has 1 aromatic heterocycles. The molecule has 1 heterocycles. The Kier molecular flexibility index (Phi) is 3.23. The predicted molar refractivity (Wildman–Crippen MR) is 59.8 cm³/mol. The van der Waals surface area contributed by atoms with Crippen LogP contribution in [0.5, 0.6) is 11.6 Å². The first kappa shape index (κ1) is 12.4. The maximum atomic E-state index is 13.3. The molecular formula is C13H9F3NO. The summed E-state index contributed by atoms with van der Waals surface area (Å²) in [4.78, 5) is 3.23. The van der Waals surface area contributed by atoms with Crippen LogP contribution in [0.2, 0.25) is 0 Å². The van der Waals surface area contributed by atoms with Crippen LogP contribution in [0.25, 0.3) is 0 Å². The average molecular weight is 252 g/mol. The van der Waals surface area contributed by atoms with Crippen LogP contribution in [-0.2, 0) is 0 Å². The fourth-order valence-corrected chi connectivity index (χ4v) is 1.34. The van der Waals surface area contributed by atoms with E-state index in [-0.39, 0.29) is 11.4 Å². The summed E-state index contributed by atoms with van der Waals surface area (Å²) in [5, 5.41) is 0. The van der Waals surface area contributed by atoms with Gasteiger partial charge in [-0.15, -0.1) is 0 Å². The van der Waals surface area contributed by atoms with Gasteiger partial charge in [-0.1, -0.05) is 12.1 Å². The summed E-state index contributed by atoms with van der Waals surface area (Å²) >= 11 is 0. The third-order valence-corrected chi connectivity index (χ3v) is 2.36. The standard InChI is InChI=1S/C13H9F3NO/c1-7-3-5-9(6-4-7)18-13-8(2)10(14)11(15)12(16)17-13/h3-6H,1H2,2H3. The second-order valence-electron chi connectivity index (χ2n) is 3.71. The first-order valence-electron chi connectivity index (χ1n) is 5.10. The zero-order valence-electron chi connectivity index (χ0n) is 9.51. The van der Waals surface area contributed by atoms with Crippen molar-refractivity contribution < 1.29 is 17.9 Å². The Balaban J connectivity index is 2.38. The van der Waals surface area contributed by atoms with Crippen LogP contribution in [0, 0.1) is 31.4 Å². The summed E-state index contributed by atoms with van der Waals surface area (Å²) in [6.45, 7) is 4.95. The predicted octanol–water partition coefficient (Wildman–Crippen LogP) is 3.78. The van der Waals surface area contributed by atoms with Crippen LogP contribution in [-0.4, -0.2) is 4.98 Å². The molecule has 1 aromatic carbocycles. The Hall–Kier alpha value is -2.04. The molecule has 2 aromatic rings. The number of halogens is 3. The van der Waals surface area contributed by atoms with Crippen molar-refractivity contribution >= 4 is 0 Å². The lowest BCUT2D eigenvalue weighted by molar-refractivity contribution is 0.385. The highest BCUT2D eigenvalue weighted by Crippen LogP contribution is 2.26. The van der Waals surface area contributed by atoms with Gasteiger partial charge in [0.2, 0.25) is 11.7 Å². The van der Waals surface area contributed by atoms with Crippen molar-refractivity contribution in [1.82, 2.24) is 4.98 Å². The van der Waals surface area contributed by atoms with Crippen molar-refractivity contribution in [2.75, 3.05) is 0 Å². The molecule has 0 aliphatic carbocycles.